The number of fused-ring (bicyclic) bond motifs is 2. The Balaban J connectivity index is 1.81. The van der Waals surface area contributed by atoms with Crippen molar-refractivity contribution in [3.05, 3.63) is 35.9 Å². The van der Waals surface area contributed by atoms with Gasteiger partial charge in [0.15, 0.2) is 0 Å². The number of benzene rings is 1. The molecular weight excluding hydrogens is 316 g/mol. The van der Waals surface area contributed by atoms with Crippen molar-refractivity contribution in [2.45, 2.75) is 70.4 Å². The number of aliphatic hydroxyl groups is 1. The van der Waals surface area contributed by atoms with Crippen molar-refractivity contribution < 1.29 is 14.6 Å². The fraction of sp³-hybridized carbons (Fsp3) is 0.650. The van der Waals surface area contributed by atoms with E-state index in [4.69, 9.17) is 4.74 Å². The molecule has 2 aliphatic rings. The van der Waals surface area contributed by atoms with E-state index in [2.05, 4.69) is 30.9 Å². The molecule has 5 nitrogen and oxygen atoms in total. The Labute approximate surface area is 150 Å². The number of aliphatic hydroxyl groups excluding tert-OH is 1. The lowest BCUT2D eigenvalue weighted by Gasteiger charge is -2.49. The summed E-state index contributed by atoms with van der Waals surface area (Å²) in [5.41, 5.74) is 0.522. The normalized spacial score (nSPS) is 27.4. The molecule has 5 heteroatoms. The van der Waals surface area contributed by atoms with E-state index in [1.165, 1.54) is 5.56 Å². The maximum Gasteiger partial charge on any atom is 0.410 e. The highest BCUT2D eigenvalue weighted by Gasteiger charge is 2.52. The third kappa shape index (κ3) is 3.53. The predicted molar refractivity (Wildman–Crippen MR) is 97.3 cm³/mol. The van der Waals surface area contributed by atoms with Gasteiger partial charge in [-0.3, -0.25) is 4.90 Å². The molecule has 1 aromatic carbocycles. The molecule has 3 atom stereocenters. The molecule has 0 radical (unpaired) electrons. The number of nitrogens with zero attached hydrogens (tertiary/aromatic N) is 2. The molecule has 1 aromatic rings. The number of hydrogen-bond donors (Lipinski definition) is 1. The molecule has 2 bridgehead atoms. The largest absolute Gasteiger partial charge is 0.444 e. The van der Waals surface area contributed by atoms with Crippen LogP contribution in [0.5, 0.6) is 0 Å². The third-order valence-corrected chi connectivity index (χ3v) is 5.32. The molecule has 25 heavy (non-hydrogen) atoms. The number of hydrogen-bond acceptors (Lipinski definition) is 4. The summed E-state index contributed by atoms with van der Waals surface area (Å²) in [6.45, 7) is 11.1. The minimum absolute atomic E-state index is 0.0681. The van der Waals surface area contributed by atoms with Crippen molar-refractivity contribution in [2.24, 2.45) is 0 Å². The van der Waals surface area contributed by atoms with E-state index in [0.717, 1.165) is 0 Å². The molecule has 138 valence electrons. The zero-order chi connectivity index (χ0) is 18.4. The van der Waals surface area contributed by atoms with Gasteiger partial charge in [-0.05, 0) is 46.6 Å². The van der Waals surface area contributed by atoms with E-state index in [1.807, 2.05) is 39.0 Å². The highest BCUT2D eigenvalue weighted by Crippen LogP contribution is 2.41. The van der Waals surface area contributed by atoms with E-state index in [-0.39, 0.29) is 23.7 Å². The van der Waals surface area contributed by atoms with E-state index in [0.29, 0.717) is 19.5 Å². The second kappa shape index (κ2) is 6.29. The number of rotatable bonds is 2. The zero-order valence-corrected chi connectivity index (χ0v) is 15.9. The minimum atomic E-state index is -0.505. The van der Waals surface area contributed by atoms with Gasteiger partial charge in [-0.2, -0.15) is 0 Å². The molecule has 2 fully saturated rings. The highest BCUT2D eigenvalue weighted by atomic mass is 16.6. The van der Waals surface area contributed by atoms with Gasteiger partial charge in [0.1, 0.15) is 5.60 Å². The SMILES string of the molecule is CC(C)(C)OC(=O)N1C[C@@H]2C[C@H](O)[C@H](C1)N2C(C)(C)c1ccccc1. The van der Waals surface area contributed by atoms with Crippen LogP contribution in [0.2, 0.25) is 0 Å². The number of ether oxygens (including phenoxy) is 1. The molecule has 0 spiro atoms. The van der Waals surface area contributed by atoms with Crippen LogP contribution in [0, 0.1) is 0 Å². The van der Waals surface area contributed by atoms with Gasteiger partial charge in [-0.15, -0.1) is 0 Å². The Morgan fingerprint density at radius 1 is 1.12 bits per heavy atom. The Morgan fingerprint density at radius 2 is 1.76 bits per heavy atom. The quantitative estimate of drug-likeness (QED) is 0.894. The first-order valence-electron chi connectivity index (χ1n) is 9.09. The van der Waals surface area contributed by atoms with Gasteiger partial charge in [-0.1, -0.05) is 30.3 Å². The smallest absolute Gasteiger partial charge is 0.410 e. The first-order valence-corrected chi connectivity index (χ1v) is 9.09. The average molecular weight is 346 g/mol. The standard InChI is InChI=1S/C20H30N2O3/c1-19(2,3)25-18(24)21-12-15-11-17(23)16(13-21)22(15)20(4,5)14-9-7-6-8-10-14/h6-10,15-17,23H,11-13H2,1-5H3/t15-,16-,17-/m0/s1. The molecule has 2 heterocycles. The van der Waals surface area contributed by atoms with Crippen LogP contribution < -0.4 is 0 Å². The third-order valence-electron chi connectivity index (χ3n) is 5.32. The van der Waals surface area contributed by atoms with Crippen LogP contribution in [0.3, 0.4) is 0 Å². The Morgan fingerprint density at radius 3 is 2.32 bits per heavy atom. The van der Waals surface area contributed by atoms with Crippen LogP contribution in [-0.2, 0) is 10.3 Å². The maximum absolute atomic E-state index is 12.5. The predicted octanol–water partition coefficient (Wildman–Crippen LogP) is 2.98. The first-order chi connectivity index (χ1) is 11.6. The molecular formula is C20H30N2O3. The monoisotopic (exact) mass is 346 g/mol. The van der Waals surface area contributed by atoms with Gasteiger partial charge in [0.05, 0.1) is 12.1 Å². The number of carbonyl (C=O) groups is 1. The van der Waals surface area contributed by atoms with Crippen molar-refractivity contribution in [1.82, 2.24) is 9.80 Å². The summed E-state index contributed by atoms with van der Waals surface area (Å²) < 4.78 is 5.53. The van der Waals surface area contributed by atoms with Gasteiger partial charge < -0.3 is 14.7 Å². The lowest BCUT2D eigenvalue weighted by Crippen LogP contribution is -2.62. The van der Waals surface area contributed by atoms with Gasteiger partial charge >= 0.3 is 6.09 Å². The van der Waals surface area contributed by atoms with Crippen LogP contribution in [0.1, 0.15) is 46.6 Å². The molecule has 3 rings (SSSR count). The van der Waals surface area contributed by atoms with Crippen LogP contribution in [-0.4, -0.2) is 57.9 Å². The fourth-order valence-corrected chi connectivity index (χ4v) is 4.27. The zero-order valence-electron chi connectivity index (χ0n) is 15.9. The lowest BCUT2D eigenvalue weighted by atomic mass is 9.89. The number of piperazine rings is 1. The fourth-order valence-electron chi connectivity index (χ4n) is 4.27. The molecule has 0 aliphatic carbocycles. The lowest BCUT2D eigenvalue weighted by molar-refractivity contribution is -0.0390. The van der Waals surface area contributed by atoms with Crippen LogP contribution in [0.15, 0.2) is 30.3 Å². The van der Waals surface area contributed by atoms with Crippen molar-refractivity contribution in [2.75, 3.05) is 13.1 Å². The van der Waals surface area contributed by atoms with Crippen molar-refractivity contribution in [1.29, 1.82) is 0 Å². The Hall–Kier alpha value is -1.59. The average Bonchev–Trinajstić information content (AvgIpc) is 2.73. The summed E-state index contributed by atoms with van der Waals surface area (Å²) in [6.07, 6.45) is -0.00515. The maximum atomic E-state index is 12.5. The molecule has 2 saturated heterocycles. The summed E-state index contributed by atoms with van der Waals surface area (Å²) in [7, 11) is 0. The number of amides is 1. The van der Waals surface area contributed by atoms with Gasteiger partial charge in [0.2, 0.25) is 0 Å². The van der Waals surface area contributed by atoms with Crippen molar-refractivity contribution in [3.63, 3.8) is 0 Å². The first kappa shape index (κ1) is 18.2. The molecule has 1 N–H and O–H groups in total. The Kier molecular flexibility index (Phi) is 4.58. The molecule has 0 unspecified atom stereocenters. The summed E-state index contributed by atoms with van der Waals surface area (Å²) >= 11 is 0. The number of likely N-dealkylation sites (tertiary alicyclic amines) is 1. The van der Waals surface area contributed by atoms with Crippen molar-refractivity contribution in [3.8, 4) is 0 Å². The van der Waals surface area contributed by atoms with Gasteiger partial charge in [0, 0.05) is 24.7 Å². The minimum Gasteiger partial charge on any atom is -0.444 e. The Bertz CT molecular complexity index is 624. The number of carbonyl (C=O) groups excluding carboxylic acids is 1. The van der Waals surface area contributed by atoms with Crippen LogP contribution >= 0.6 is 0 Å². The molecule has 0 saturated carbocycles. The summed E-state index contributed by atoms with van der Waals surface area (Å²) in [4.78, 5) is 16.6. The summed E-state index contributed by atoms with van der Waals surface area (Å²) in [5.74, 6) is 0. The van der Waals surface area contributed by atoms with Crippen LogP contribution in [0.4, 0.5) is 4.79 Å². The topological polar surface area (TPSA) is 53.0 Å². The van der Waals surface area contributed by atoms with E-state index in [1.54, 1.807) is 4.90 Å². The molecule has 2 aliphatic heterocycles. The van der Waals surface area contributed by atoms with Crippen LogP contribution in [0.25, 0.3) is 0 Å². The van der Waals surface area contributed by atoms with Gasteiger partial charge in [0.25, 0.3) is 0 Å². The van der Waals surface area contributed by atoms with E-state index >= 15 is 0 Å². The second-order valence-corrected chi connectivity index (χ2v) is 8.74. The highest BCUT2D eigenvalue weighted by molar-refractivity contribution is 5.68. The van der Waals surface area contributed by atoms with E-state index in [9.17, 15) is 9.90 Å². The second-order valence-electron chi connectivity index (χ2n) is 8.74. The summed E-state index contributed by atoms with van der Waals surface area (Å²) in [6, 6.07) is 10.4. The summed E-state index contributed by atoms with van der Waals surface area (Å²) in [5, 5.41) is 10.6. The van der Waals surface area contributed by atoms with E-state index < -0.39 is 11.7 Å². The van der Waals surface area contributed by atoms with Crippen molar-refractivity contribution >= 4 is 6.09 Å². The van der Waals surface area contributed by atoms with Gasteiger partial charge in [-0.25, -0.2) is 4.79 Å². The molecule has 0 aromatic heterocycles. The molecule has 1 amide bonds.